The first-order valence-corrected chi connectivity index (χ1v) is 5.58. The number of hydrogen-bond donors (Lipinski definition) is 2. The zero-order chi connectivity index (χ0) is 13.1. The van der Waals surface area contributed by atoms with E-state index < -0.39 is 0 Å². The molecule has 2 aromatic rings. The van der Waals surface area contributed by atoms with Crippen LogP contribution in [0, 0.1) is 13.8 Å². The molecule has 1 amide bonds. The van der Waals surface area contributed by atoms with Gasteiger partial charge < -0.3 is 15.0 Å². The van der Waals surface area contributed by atoms with Gasteiger partial charge in [0.2, 0.25) is 0 Å². The van der Waals surface area contributed by atoms with E-state index in [1.54, 1.807) is 14.0 Å². The van der Waals surface area contributed by atoms with Crippen LogP contribution in [0.2, 0.25) is 0 Å². The van der Waals surface area contributed by atoms with Crippen LogP contribution in [0.5, 0.6) is 5.75 Å². The maximum Gasteiger partial charge on any atom is 0.276 e. The van der Waals surface area contributed by atoms with Crippen LogP contribution in [-0.4, -0.2) is 23.0 Å². The third kappa shape index (κ3) is 2.34. The summed E-state index contributed by atoms with van der Waals surface area (Å²) in [4.78, 5) is 18.9. The minimum atomic E-state index is -0.252. The minimum absolute atomic E-state index is 0.252. The molecule has 0 spiro atoms. The summed E-state index contributed by atoms with van der Waals surface area (Å²) in [6.07, 6.45) is 1.50. The Kier molecular flexibility index (Phi) is 3.32. The second kappa shape index (κ2) is 4.91. The number of anilines is 1. The second-order valence-corrected chi connectivity index (χ2v) is 4.03. The average Bonchev–Trinajstić information content (AvgIpc) is 2.76. The van der Waals surface area contributed by atoms with Gasteiger partial charge in [-0.2, -0.15) is 0 Å². The van der Waals surface area contributed by atoms with Gasteiger partial charge in [-0.1, -0.05) is 6.07 Å². The Hall–Kier alpha value is -2.30. The number of rotatable bonds is 3. The molecule has 18 heavy (non-hydrogen) atoms. The summed E-state index contributed by atoms with van der Waals surface area (Å²) in [6, 6.07) is 5.61. The van der Waals surface area contributed by atoms with Gasteiger partial charge in [0.05, 0.1) is 19.1 Å². The van der Waals surface area contributed by atoms with Crippen molar-refractivity contribution >= 4 is 11.6 Å². The molecule has 1 aromatic carbocycles. The van der Waals surface area contributed by atoms with Crippen LogP contribution >= 0.6 is 0 Å². The first kappa shape index (κ1) is 12.2. The van der Waals surface area contributed by atoms with Crippen LogP contribution in [0.25, 0.3) is 0 Å². The molecular weight excluding hydrogens is 230 g/mol. The van der Waals surface area contributed by atoms with Crippen molar-refractivity contribution in [3.8, 4) is 5.75 Å². The number of methoxy groups -OCH3 is 1. The number of aromatic nitrogens is 2. The smallest absolute Gasteiger partial charge is 0.276 e. The third-order valence-corrected chi connectivity index (χ3v) is 2.65. The van der Waals surface area contributed by atoms with Crippen LogP contribution in [0.3, 0.4) is 0 Å². The van der Waals surface area contributed by atoms with Crippen molar-refractivity contribution in [1.82, 2.24) is 9.97 Å². The maximum atomic E-state index is 12.0. The number of imidazole rings is 1. The van der Waals surface area contributed by atoms with Gasteiger partial charge >= 0.3 is 0 Å². The number of H-pyrrole nitrogens is 1. The lowest BCUT2D eigenvalue weighted by Crippen LogP contribution is -2.14. The Morgan fingerprint density at radius 1 is 1.39 bits per heavy atom. The Balaban J connectivity index is 2.27. The van der Waals surface area contributed by atoms with Crippen molar-refractivity contribution in [3.63, 3.8) is 0 Å². The maximum absolute atomic E-state index is 12.0. The molecule has 0 bridgehead atoms. The number of hydrogen-bond acceptors (Lipinski definition) is 3. The van der Waals surface area contributed by atoms with Gasteiger partial charge in [-0.3, -0.25) is 4.79 Å². The molecule has 0 unspecified atom stereocenters. The number of aromatic amines is 1. The molecular formula is C13H15N3O2. The molecule has 0 saturated carbocycles. The molecule has 94 valence electrons. The Bertz CT molecular complexity index is 575. The molecule has 0 radical (unpaired) electrons. The van der Waals surface area contributed by atoms with Gasteiger partial charge in [-0.05, 0) is 31.5 Å². The number of aryl methyl sites for hydroxylation is 2. The Morgan fingerprint density at radius 3 is 2.78 bits per heavy atom. The van der Waals surface area contributed by atoms with Gasteiger partial charge in [0.1, 0.15) is 11.4 Å². The van der Waals surface area contributed by atoms with Crippen LogP contribution in [-0.2, 0) is 0 Å². The number of nitrogens with one attached hydrogen (secondary N) is 2. The van der Waals surface area contributed by atoms with Crippen LogP contribution in [0.1, 0.15) is 21.7 Å². The average molecular weight is 245 g/mol. The summed E-state index contributed by atoms with van der Waals surface area (Å²) in [5, 5.41) is 2.80. The van der Waals surface area contributed by atoms with Crippen molar-refractivity contribution in [2.24, 2.45) is 0 Å². The zero-order valence-corrected chi connectivity index (χ0v) is 10.6. The normalized spacial score (nSPS) is 10.2. The molecule has 0 atom stereocenters. The highest BCUT2D eigenvalue weighted by molar-refractivity contribution is 6.04. The zero-order valence-electron chi connectivity index (χ0n) is 10.6. The van der Waals surface area contributed by atoms with E-state index in [4.69, 9.17) is 4.74 Å². The van der Waals surface area contributed by atoms with E-state index in [0.29, 0.717) is 17.1 Å². The lowest BCUT2D eigenvalue weighted by Gasteiger charge is -2.10. The largest absolute Gasteiger partial charge is 0.495 e. The van der Waals surface area contributed by atoms with Crippen LogP contribution in [0.4, 0.5) is 5.69 Å². The summed E-state index contributed by atoms with van der Waals surface area (Å²) < 4.78 is 5.21. The van der Waals surface area contributed by atoms with E-state index in [-0.39, 0.29) is 5.91 Å². The lowest BCUT2D eigenvalue weighted by molar-refractivity contribution is 0.102. The van der Waals surface area contributed by atoms with Gasteiger partial charge in [0.15, 0.2) is 0 Å². The molecule has 2 N–H and O–H groups in total. The highest BCUT2D eigenvalue weighted by Gasteiger charge is 2.14. The first-order valence-electron chi connectivity index (χ1n) is 5.58. The van der Waals surface area contributed by atoms with Crippen molar-refractivity contribution in [2.45, 2.75) is 13.8 Å². The lowest BCUT2D eigenvalue weighted by atomic mass is 10.2. The monoisotopic (exact) mass is 245 g/mol. The summed E-state index contributed by atoms with van der Waals surface area (Å²) in [5.74, 6) is 0.375. The molecule has 1 heterocycles. The van der Waals surface area contributed by atoms with Crippen molar-refractivity contribution < 1.29 is 9.53 Å². The SMILES string of the molecule is COc1ccc(C)cc1NC(=O)c1nc[nH]c1C. The molecule has 0 aliphatic carbocycles. The quantitative estimate of drug-likeness (QED) is 0.871. The van der Waals surface area contributed by atoms with E-state index in [1.807, 2.05) is 25.1 Å². The van der Waals surface area contributed by atoms with E-state index in [0.717, 1.165) is 11.3 Å². The molecule has 2 rings (SSSR count). The Labute approximate surface area is 105 Å². The fourth-order valence-corrected chi connectivity index (χ4v) is 1.69. The van der Waals surface area contributed by atoms with E-state index in [9.17, 15) is 4.79 Å². The first-order chi connectivity index (χ1) is 8.61. The molecule has 0 aliphatic heterocycles. The number of amides is 1. The summed E-state index contributed by atoms with van der Waals surface area (Å²) in [5.41, 5.74) is 2.81. The minimum Gasteiger partial charge on any atom is -0.495 e. The number of benzene rings is 1. The van der Waals surface area contributed by atoms with Crippen molar-refractivity contribution in [3.05, 3.63) is 41.5 Å². The van der Waals surface area contributed by atoms with Crippen molar-refractivity contribution in [2.75, 3.05) is 12.4 Å². The topological polar surface area (TPSA) is 67.0 Å². The van der Waals surface area contributed by atoms with E-state index in [1.165, 1.54) is 6.33 Å². The number of ether oxygens (including phenoxy) is 1. The predicted octanol–water partition coefficient (Wildman–Crippen LogP) is 2.29. The van der Waals surface area contributed by atoms with Crippen molar-refractivity contribution in [1.29, 1.82) is 0 Å². The molecule has 5 heteroatoms. The molecule has 0 saturated heterocycles. The van der Waals surface area contributed by atoms with Crippen LogP contribution < -0.4 is 10.1 Å². The third-order valence-electron chi connectivity index (χ3n) is 2.65. The number of carbonyl (C=O) groups excluding carboxylic acids is 1. The standard InChI is InChI=1S/C13H15N3O2/c1-8-4-5-11(18-3)10(6-8)16-13(17)12-9(2)14-7-15-12/h4-7H,1-3H3,(H,14,15)(H,16,17). The molecule has 5 nitrogen and oxygen atoms in total. The Morgan fingerprint density at radius 2 is 2.17 bits per heavy atom. The van der Waals surface area contributed by atoms with E-state index >= 15 is 0 Å². The predicted molar refractivity (Wildman–Crippen MR) is 69.0 cm³/mol. The molecule has 0 aliphatic rings. The van der Waals surface area contributed by atoms with E-state index in [2.05, 4.69) is 15.3 Å². The number of nitrogens with zero attached hydrogens (tertiary/aromatic N) is 1. The number of carbonyl (C=O) groups is 1. The van der Waals surface area contributed by atoms with Gasteiger partial charge in [-0.25, -0.2) is 4.98 Å². The van der Waals surface area contributed by atoms with Gasteiger partial charge in [0, 0.05) is 5.69 Å². The van der Waals surface area contributed by atoms with Gasteiger partial charge in [-0.15, -0.1) is 0 Å². The summed E-state index contributed by atoms with van der Waals surface area (Å²) in [6.45, 7) is 3.75. The fourth-order valence-electron chi connectivity index (χ4n) is 1.69. The summed E-state index contributed by atoms with van der Waals surface area (Å²) in [7, 11) is 1.57. The van der Waals surface area contributed by atoms with Crippen LogP contribution in [0.15, 0.2) is 24.5 Å². The molecule has 0 fully saturated rings. The molecule has 1 aromatic heterocycles. The summed E-state index contributed by atoms with van der Waals surface area (Å²) >= 11 is 0. The highest BCUT2D eigenvalue weighted by Crippen LogP contribution is 2.25. The fraction of sp³-hybridized carbons (Fsp3) is 0.231. The highest BCUT2D eigenvalue weighted by atomic mass is 16.5. The van der Waals surface area contributed by atoms with Gasteiger partial charge in [0.25, 0.3) is 5.91 Å². The second-order valence-electron chi connectivity index (χ2n) is 4.03.